The van der Waals surface area contributed by atoms with Crippen molar-refractivity contribution in [1.29, 1.82) is 0 Å². The van der Waals surface area contributed by atoms with E-state index >= 15 is 0 Å². The molecule has 0 heterocycles. The third kappa shape index (κ3) is 11.9. The summed E-state index contributed by atoms with van der Waals surface area (Å²) in [5.41, 5.74) is 7.52. The van der Waals surface area contributed by atoms with Crippen molar-refractivity contribution in [2.24, 2.45) is 5.73 Å². The molecular weight excluding hydrogens is 631 g/mol. The van der Waals surface area contributed by atoms with Crippen molar-refractivity contribution in [3.63, 3.8) is 0 Å². The van der Waals surface area contributed by atoms with Crippen LogP contribution in [0.5, 0.6) is 5.75 Å². The second kappa shape index (κ2) is 16.7. The van der Waals surface area contributed by atoms with E-state index < -0.39 is 69.3 Å². The Kier molecular flexibility index (Phi) is 14.0. The summed E-state index contributed by atoms with van der Waals surface area (Å²) in [6, 6.07) is 9.18. The fourth-order valence-corrected chi connectivity index (χ4v) is 4.87. The lowest BCUT2D eigenvalue weighted by Gasteiger charge is -2.32. The predicted octanol–water partition coefficient (Wildman–Crippen LogP) is 1.36. The first-order valence-corrected chi connectivity index (χ1v) is 15.7. The van der Waals surface area contributed by atoms with Crippen LogP contribution in [0.25, 0.3) is 0 Å². The second-order valence-electron chi connectivity index (χ2n) is 12.2. The number of carbonyl (C=O) groups is 5. The van der Waals surface area contributed by atoms with E-state index in [1.165, 1.54) is 12.1 Å². The van der Waals surface area contributed by atoms with Gasteiger partial charge in [0.25, 0.3) is 0 Å². The molecule has 14 heteroatoms. The maximum Gasteiger partial charge on any atom is 0.327 e. The van der Waals surface area contributed by atoms with Crippen molar-refractivity contribution in [2.75, 3.05) is 0 Å². The van der Waals surface area contributed by atoms with Gasteiger partial charge in [-0.2, -0.15) is 25.3 Å². The van der Waals surface area contributed by atoms with Crippen LogP contribution in [-0.4, -0.2) is 79.5 Å². The van der Waals surface area contributed by atoms with Gasteiger partial charge in [0.1, 0.15) is 29.9 Å². The van der Waals surface area contributed by atoms with E-state index in [0.717, 1.165) is 0 Å². The quantitative estimate of drug-likeness (QED) is 0.119. The summed E-state index contributed by atoms with van der Waals surface area (Å²) in [5.74, 6) is -3.95. The summed E-state index contributed by atoms with van der Waals surface area (Å²) < 4.78 is -2.19. The van der Waals surface area contributed by atoms with Crippen molar-refractivity contribution in [3.8, 4) is 5.75 Å². The average Bonchev–Trinajstić information content (AvgIpc) is 2.96. The number of aromatic hydroxyl groups is 1. The number of rotatable bonds is 16. The number of carboxylic acids is 1. The minimum Gasteiger partial charge on any atom is -0.508 e. The summed E-state index contributed by atoms with van der Waals surface area (Å²) >= 11 is 8.81. The molecule has 0 aliphatic carbocycles. The Labute approximate surface area is 280 Å². The van der Waals surface area contributed by atoms with Gasteiger partial charge in [0, 0.05) is 15.9 Å². The van der Waals surface area contributed by atoms with Gasteiger partial charge >= 0.3 is 5.97 Å². The smallest absolute Gasteiger partial charge is 0.327 e. The number of hydrogen-bond acceptors (Lipinski definition) is 9. The predicted molar refractivity (Wildman–Crippen MR) is 182 cm³/mol. The molecular formula is C32H45N5O7S2. The van der Waals surface area contributed by atoms with Crippen molar-refractivity contribution >= 4 is 54.9 Å². The Bertz CT molecular complexity index is 1360. The number of aliphatic carboxylic acids is 1. The van der Waals surface area contributed by atoms with Crippen LogP contribution < -0.4 is 27.0 Å². The highest BCUT2D eigenvalue weighted by Crippen LogP contribution is 2.20. The van der Waals surface area contributed by atoms with Crippen LogP contribution in [0.4, 0.5) is 0 Å². The van der Waals surface area contributed by atoms with E-state index in [-0.39, 0.29) is 25.0 Å². The van der Waals surface area contributed by atoms with Gasteiger partial charge in [-0.25, -0.2) is 4.79 Å². The van der Waals surface area contributed by atoms with Crippen molar-refractivity contribution in [2.45, 2.75) is 93.6 Å². The van der Waals surface area contributed by atoms with Gasteiger partial charge in [0.05, 0.1) is 6.04 Å². The van der Waals surface area contributed by atoms with Crippen LogP contribution in [0.2, 0.25) is 0 Å². The number of phenols is 1. The molecule has 0 unspecified atom stereocenters. The van der Waals surface area contributed by atoms with E-state index in [1.807, 2.05) is 0 Å². The van der Waals surface area contributed by atoms with E-state index in [4.69, 9.17) is 5.73 Å². The fraction of sp³-hybridized carbons (Fsp3) is 0.469. The molecule has 0 aliphatic heterocycles. The molecule has 2 aromatic carbocycles. The maximum absolute atomic E-state index is 13.5. The zero-order valence-electron chi connectivity index (χ0n) is 26.6. The number of carbonyl (C=O) groups excluding carboxylic acids is 4. The standard InChI is InChI=1S/C32H45N5O7S2/c1-6-22(34-29(42)24(31(2,3)45)36-26(39)21(33)16-19-12-14-20(38)15-13-19)27(40)35-23(17-18-10-8-7-9-11-18)28(41)37-25(30(43)44)32(4,5)46/h7-15,21-25,38,45-46H,6,16-17,33H2,1-5H3,(H,34,42)(H,35,40)(H,36,39)(H,37,41)(H,43,44)/t21-,22+,23-,24-,25-/m0/s1. The topological polar surface area (TPSA) is 200 Å². The lowest BCUT2D eigenvalue weighted by molar-refractivity contribution is -0.143. The molecule has 2 aromatic rings. The van der Waals surface area contributed by atoms with Crippen LogP contribution in [0.15, 0.2) is 54.6 Å². The minimum atomic E-state index is -1.36. The van der Waals surface area contributed by atoms with Crippen molar-refractivity contribution in [1.82, 2.24) is 21.3 Å². The number of thiol groups is 2. The molecule has 0 bridgehead atoms. The lowest BCUT2D eigenvalue weighted by atomic mass is 9.99. The largest absolute Gasteiger partial charge is 0.508 e. The van der Waals surface area contributed by atoms with Crippen LogP contribution >= 0.6 is 25.3 Å². The first-order chi connectivity index (χ1) is 21.3. The van der Waals surface area contributed by atoms with Gasteiger partial charge in [-0.15, -0.1) is 0 Å². The summed E-state index contributed by atoms with van der Waals surface area (Å²) in [5, 5.41) is 29.6. The molecule has 0 radical (unpaired) electrons. The van der Waals surface area contributed by atoms with Crippen LogP contribution in [0.1, 0.15) is 52.2 Å². The van der Waals surface area contributed by atoms with Gasteiger partial charge in [-0.3, -0.25) is 19.2 Å². The van der Waals surface area contributed by atoms with Crippen molar-refractivity contribution < 1.29 is 34.2 Å². The molecule has 4 amide bonds. The Morgan fingerprint density at radius 3 is 1.67 bits per heavy atom. The monoisotopic (exact) mass is 675 g/mol. The number of amides is 4. The van der Waals surface area contributed by atoms with Gasteiger partial charge < -0.3 is 37.2 Å². The van der Waals surface area contributed by atoms with E-state index in [0.29, 0.717) is 11.1 Å². The highest BCUT2D eigenvalue weighted by molar-refractivity contribution is 7.82. The summed E-state index contributed by atoms with van der Waals surface area (Å²) in [6.07, 6.45) is 0.321. The number of carboxylic acid groups (broad SMARTS) is 1. The second-order valence-corrected chi connectivity index (χ2v) is 14.5. The first kappa shape index (κ1) is 38.4. The Balaban J connectivity index is 2.21. The molecule has 12 nitrogen and oxygen atoms in total. The highest BCUT2D eigenvalue weighted by atomic mass is 32.1. The Morgan fingerprint density at radius 1 is 0.696 bits per heavy atom. The van der Waals surface area contributed by atoms with E-state index in [1.54, 1.807) is 77.1 Å². The molecule has 0 aliphatic rings. The van der Waals surface area contributed by atoms with Gasteiger partial charge in [0.15, 0.2) is 0 Å². The third-order valence-corrected chi connectivity index (χ3v) is 7.70. The summed E-state index contributed by atoms with van der Waals surface area (Å²) in [4.78, 5) is 65.2. The molecule has 0 aromatic heterocycles. The molecule has 0 saturated carbocycles. The maximum atomic E-state index is 13.5. The van der Waals surface area contributed by atoms with E-state index in [9.17, 15) is 34.2 Å². The minimum absolute atomic E-state index is 0.0450. The van der Waals surface area contributed by atoms with Crippen LogP contribution in [0.3, 0.4) is 0 Å². The lowest BCUT2D eigenvalue weighted by Crippen LogP contribution is -2.62. The first-order valence-electron chi connectivity index (χ1n) is 14.8. The molecule has 252 valence electrons. The molecule has 2 rings (SSSR count). The zero-order chi connectivity index (χ0) is 34.8. The number of nitrogens with one attached hydrogen (secondary N) is 4. The number of phenolic OH excluding ortho intramolecular Hbond substituents is 1. The molecule has 0 fully saturated rings. The molecule has 0 saturated heterocycles. The number of hydrogen-bond donors (Lipinski definition) is 9. The van der Waals surface area contributed by atoms with Gasteiger partial charge in [-0.05, 0) is 63.8 Å². The normalized spacial score (nSPS) is 15.0. The Morgan fingerprint density at radius 2 is 1.17 bits per heavy atom. The molecule has 46 heavy (non-hydrogen) atoms. The molecule has 5 atom stereocenters. The number of nitrogens with two attached hydrogens (primary N) is 1. The fourth-order valence-electron chi connectivity index (χ4n) is 4.51. The summed E-state index contributed by atoms with van der Waals surface area (Å²) in [6.45, 7) is 7.99. The molecule has 0 spiro atoms. The third-order valence-electron chi connectivity index (χ3n) is 7.18. The van der Waals surface area contributed by atoms with Gasteiger partial charge in [-0.1, -0.05) is 49.4 Å². The number of benzene rings is 2. The average molecular weight is 676 g/mol. The zero-order valence-corrected chi connectivity index (χ0v) is 28.4. The van der Waals surface area contributed by atoms with Crippen LogP contribution in [-0.2, 0) is 36.8 Å². The highest BCUT2D eigenvalue weighted by Gasteiger charge is 2.38. The van der Waals surface area contributed by atoms with Crippen molar-refractivity contribution in [3.05, 3.63) is 65.7 Å². The molecule has 8 N–H and O–H groups in total. The Hall–Kier alpha value is -3.75. The van der Waals surface area contributed by atoms with Crippen LogP contribution in [0, 0.1) is 0 Å². The van der Waals surface area contributed by atoms with Gasteiger partial charge in [0.2, 0.25) is 23.6 Å². The van der Waals surface area contributed by atoms with E-state index in [2.05, 4.69) is 46.5 Å². The summed E-state index contributed by atoms with van der Waals surface area (Å²) in [7, 11) is 0. The SMILES string of the molecule is CC[C@@H](NC(=O)[C@H](NC(=O)[C@@H](N)Cc1ccc(O)cc1)C(C)(C)S)C(=O)N[C@@H](Cc1ccccc1)C(=O)N[C@@H](C(=O)O)C(C)(C)S.